The maximum atomic E-state index is 11.7. The summed E-state index contributed by atoms with van der Waals surface area (Å²) in [4.78, 5) is 29.8. The molecule has 0 bridgehead atoms. The molecule has 0 aliphatic rings. The van der Waals surface area contributed by atoms with Gasteiger partial charge in [-0.25, -0.2) is 9.59 Å². The van der Waals surface area contributed by atoms with E-state index in [-0.39, 0.29) is 21.9 Å². The third-order valence-corrected chi connectivity index (χ3v) is 4.09. The minimum Gasteiger partial charge on any atom is -0.478 e. The van der Waals surface area contributed by atoms with Crippen LogP contribution in [0.5, 0.6) is 0 Å². The van der Waals surface area contributed by atoms with E-state index >= 15 is 0 Å². The third-order valence-electron chi connectivity index (χ3n) is 3.58. The number of aromatic nitrogens is 2. The maximum Gasteiger partial charge on any atom is 0.352 e. The molecule has 0 amide bonds. The lowest BCUT2D eigenvalue weighted by atomic mass is 10.0. The Morgan fingerprint density at radius 3 is 2.40 bits per heavy atom. The summed E-state index contributed by atoms with van der Waals surface area (Å²) >= 11 is 12.2. The Bertz CT molecular complexity index is 1030. The molecule has 0 atom stereocenters. The number of H-pyrrole nitrogens is 1. The van der Waals surface area contributed by atoms with Crippen LogP contribution < -0.4 is 0 Å². The number of nitrogens with zero attached hydrogens (tertiary/aromatic N) is 1. The van der Waals surface area contributed by atoms with E-state index in [0.717, 1.165) is 0 Å². The molecule has 0 fully saturated rings. The van der Waals surface area contributed by atoms with Gasteiger partial charge in [0.15, 0.2) is 0 Å². The predicted molar refractivity (Wildman–Crippen MR) is 95.0 cm³/mol. The van der Waals surface area contributed by atoms with Crippen LogP contribution in [0.4, 0.5) is 0 Å². The summed E-state index contributed by atoms with van der Waals surface area (Å²) in [5, 5.41) is 19.9. The predicted octanol–water partition coefficient (Wildman–Crippen LogP) is 4.19. The van der Waals surface area contributed by atoms with Crippen molar-refractivity contribution in [3.63, 3.8) is 0 Å². The standard InChI is InChI=1S/C17H10Cl2N2O4/c18-9-5-12(19)14-11(15(17(24)25)21-13(14)6-9)7-10(16(22)23)8-1-3-20-4-2-8/h1-7,21H,(H,22,23)(H,24,25)/b10-7+. The number of pyridine rings is 1. The van der Waals surface area contributed by atoms with Crippen molar-refractivity contribution in [1.82, 2.24) is 9.97 Å². The van der Waals surface area contributed by atoms with Crippen LogP contribution in [0.2, 0.25) is 10.0 Å². The van der Waals surface area contributed by atoms with Crippen molar-refractivity contribution in [2.45, 2.75) is 0 Å². The van der Waals surface area contributed by atoms with Crippen LogP contribution in [0.15, 0.2) is 36.7 Å². The van der Waals surface area contributed by atoms with E-state index in [1.54, 1.807) is 0 Å². The highest BCUT2D eigenvalue weighted by molar-refractivity contribution is 6.39. The number of benzene rings is 1. The van der Waals surface area contributed by atoms with Gasteiger partial charge in [0, 0.05) is 33.9 Å². The SMILES string of the molecule is O=C(O)/C(=C/c1c(C(=O)O)[nH]c2cc(Cl)cc(Cl)c12)c1ccncc1. The molecule has 0 unspecified atom stereocenters. The van der Waals surface area contributed by atoms with Gasteiger partial charge in [-0.1, -0.05) is 23.2 Å². The number of carboxylic acids is 2. The average molecular weight is 377 g/mol. The normalized spacial score (nSPS) is 11.7. The number of aromatic amines is 1. The molecule has 0 radical (unpaired) electrons. The Morgan fingerprint density at radius 1 is 1.12 bits per heavy atom. The molecule has 6 nitrogen and oxygen atoms in total. The van der Waals surface area contributed by atoms with Crippen molar-refractivity contribution in [3.05, 3.63) is 63.5 Å². The first-order valence-corrected chi connectivity index (χ1v) is 7.73. The van der Waals surface area contributed by atoms with Crippen LogP contribution in [-0.2, 0) is 4.79 Å². The van der Waals surface area contributed by atoms with E-state index in [1.807, 2.05) is 0 Å². The number of halogens is 2. The molecule has 8 heteroatoms. The molecule has 0 spiro atoms. The van der Waals surface area contributed by atoms with Crippen LogP contribution in [-0.4, -0.2) is 32.1 Å². The van der Waals surface area contributed by atoms with Gasteiger partial charge in [0.05, 0.1) is 10.6 Å². The highest BCUT2D eigenvalue weighted by Gasteiger charge is 2.21. The Hall–Kier alpha value is -2.83. The van der Waals surface area contributed by atoms with E-state index in [9.17, 15) is 19.8 Å². The molecule has 25 heavy (non-hydrogen) atoms. The van der Waals surface area contributed by atoms with Crippen LogP contribution in [0.1, 0.15) is 21.6 Å². The van der Waals surface area contributed by atoms with Crippen molar-refractivity contribution < 1.29 is 19.8 Å². The van der Waals surface area contributed by atoms with E-state index in [0.29, 0.717) is 21.5 Å². The third kappa shape index (κ3) is 3.22. The van der Waals surface area contributed by atoms with Crippen molar-refractivity contribution in [2.75, 3.05) is 0 Å². The highest BCUT2D eigenvalue weighted by atomic mass is 35.5. The first kappa shape index (κ1) is 17.0. The van der Waals surface area contributed by atoms with E-state index in [2.05, 4.69) is 9.97 Å². The molecule has 0 saturated carbocycles. The zero-order valence-electron chi connectivity index (χ0n) is 12.5. The highest BCUT2D eigenvalue weighted by Crippen LogP contribution is 2.35. The number of fused-ring (bicyclic) bond motifs is 1. The topological polar surface area (TPSA) is 103 Å². The van der Waals surface area contributed by atoms with Gasteiger partial charge in [-0.3, -0.25) is 4.98 Å². The van der Waals surface area contributed by atoms with Crippen molar-refractivity contribution in [3.8, 4) is 0 Å². The van der Waals surface area contributed by atoms with E-state index < -0.39 is 11.9 Å². The number of hydrogen-bond donors (Lipinski definition) is 3. The number of aromatic carboxylic acids is 1. The zero-order chi connectivity index (χ0) is 18.1. The number of carbonyl (C=O) groups is 2. The van der Waals surface area contributed by atoms with Crippen LogP contribution >= 0.6 is 23.2 Å². The summed E-state index contributed by atoms with van der Waals surface area (Å²) in [7, 11) is 0. The van der Waals surface area contributed by atoms with E-state index in [4.69, 9.17) is 23.2 Å². The minimum atomic E-state index is -1.24. The molecule has 0 aliphatic carbocycles. The molecule has 126 valence electrons. The number of hydrogen-bond acceptors (Lipinski definition) is 3. The number of carboxylic acid groups (broad SMARTS) is 2. The van der Waals surface area contributed by atoms with Crippen molar-refractivity contribution in [2.24, 2.45) is 0 Å². The van der Waals surface area contributed by atoms with Crippen LogP contribution in [0, 0.1) is 0 Å². The lowest BCUT2D eigenvalue weighted by Crippen LogP contribution is -2.02. The number of nitrogens with one attached hydrogen (secondary N) is 1. The van der Waals surface area contributed by atoms with Gasteiger partial charge in [-0.2, -0.15) is 0 Å². The first-order valence-electron chi connectivity index (χ1n) is 6.98. The van der Waals surface area contributed by atoms with E-state index in [1.165, 1.54) is 42.7 Å². The zero-order valence-corrected chi connectivity index (χ0v) is 14.0. The molecule has 3 N–H and O–H groups in total. The molecule has 2 heterocycles. The Balaban J connectivity index is 2.35. The summed E-state index contributed by atoms with van der Waals surface area (Å²) < 4.78 is 0. The van der Waals surface area contributed by atoms with Gasteiger partial charge < -0.3 is 15.2 Å². The first-order chi connectivity index (χ1) is 11.9. The summed E-state index contributed by atoms with van der Waals surface area (Å²) in [6, 6.07) is 6.04. The number of aliphatic carboxylic acids is 1. The molecule has 0 aliphatic heterocycles. The monoisotopic (exact) mass is 376 g/mol. The molecule has 2 aromatic heterocycles. The van der Waals surface area contributed by atoms with Gasteiger partial charge in [0.25, 0.3) is 0 Å². The summed E-state index contributed by atoms with van der Waals surface area (Å²) in [5.74, 6) is -2.45. The molecular formula is C17H10Cl2N2O4. The Kier molecular flexibility index (Phi) is 4.48. The smallest absolute Gasteiger partial charge is 0.352 e. The lowest BCUT2D eigenvalue weighted by Gasteiger charge is -2.04. The van der Waals surface area contributed by atoms with Gasteiger partial charge in [-0.15, -0.1) is 0 Å². The molecule has 1 aromatic carbocycles. The van der Waals surface area contributed by atoms with Crippen LogP contribution in [0.3, 0.4) is 0 Å². The summed E-state index contributed by atoms with van der Waals surface area (Å²) in [5.41, 5.74) is 0.695. The van der Waals surface area contributed by atoms with Gasteiger partial charge in [0.1, 0.15) is 5.69 Å². The minimum absolute atomic E-state index is 0.0863. The molecular weight excluding hydrogens is 367 g/mol. The van der Waals surface area contributed by atoms with Gasteiger partial charge in [-0.05, 0) is 35.9 Å². The number of rotatable bonds is 4. The molecule has 0 saturated heterocycles. The van der Waals surface area contributed by atoms with Crippen molar-refractivity contribution in [1.29, 1.82) is 0 Å². The summed E-state index contributed by atoms with van der Waals surface area (Å²) in [6.45, 7) is 0. The fourth-order valence-electron chi connectivity index (χ4n) is 2.53. The fourth-order valence-corrected chi connectivity index (χ4v) is 3.13. The second kappa shape index (κ2) is 6.58. The maximum absolute atomic E-state index is 11.7. The van der Waals surface area contributed by atoms with Crippen LogP contribution in [0.25, 0.3) is 22.6 Å². The quantitative estimate of drug-likeness (QED) is 0.592. The average Bonchev–Trinajstić information content (AvgIpc) is 2.91. The lowest BCUT2D eigenvalue weighted by molar-refractivity contribution is -0.130. The van der Waals surface area contributed by atoms with Gasteiger partial charge in [0.2, 0.25) is 0 Å². The Morgan fingerprint density at radius 2 is 1.80 bits per heavy atom. The van der Waals surface area contributed by atoms with Gasteiger partial charge >= 0.3 is 11.9 Å². The second-order valence-corrected chi connectivity index (χ2v) is 5.97. The Labute approximate surface area is 151 Å². The second-order valence-electron chi connectivity index (χ2n) is 5.13. The fraction of sp³-hybridized carbons (Fsp3) is 0. The largest absolute Gasteiger partial charge is 0.478 e. The molecule has 3 aromatic rings. The molecule has 3 rings (SSSR count). The summed E-state index contributed by atoms with van der Waals surface area (Å²) in [6.07, 6.45) is 4.18. The van der Waals surface area contributed by atoms with Crippen molar-refractivity contribution >= 4 is 57.7 Å².